The molecule has 2 heterocycles. The molecule has 72 valence electrons. The molecule has 0 unspecified atom stereocenters. The number of aromatic nitrogens is 4. The highest BCUT2D eigenvalue weighted by molar-refractivity contribution is 5.56. The minimum Gasteiger partial charge on any atom is -0.307 e. The molecule has 0 bridgehead atoms. The fourth-order valence-corrected chi connectivity index (χ4v) is 1.16. The van der Waals surface area contributed by atoms with Crippen LogP contribution in [0.25, 0.3) is 5.65 Å². The number of rotatable bonds is 1. The first kappa shape index (κ1) is 8.35. The highest BCUT2D eigenvalue weighted by Crippen LogP contribution is 2.13. The highest BCUT2D eigenvalue weighted by Gasteiger charge is 2.17. The Hall–Kier alpha value is -2.25. The number of aryl methyl sites for hydroxylation is 1. The van der Waals surface area contributed by atoms with Crippen LogP contribution < -0.4 is 5.69 Å². The van der Waals surface area contributed by atoms with Gasteiger partial charge in [-0.25, -0.2) is 9.20 Å². The van der Waals surface area contributed by atoms with Crippen LogP contribution in [0, 0.1) is 17.0 Å². The summed E-state index contributed by atoms with van der Waals surface area (Å²) in [5.41, 5.74) is -0.811. The molecule has 14 heavy (non-hydrogen) atoms. The van der Waals surface area contributed by atoms with Gasteiger partial charge in [0.25, 0.3) is 0 Å². The second kappa shape index (κ2) is 2.62. The molecule has 0 atom stereocenters. The van der Waals surface area contributed by atoms with Gasteiger partial charge in [0.05, 0.1) is 11.1 Å². The predicted octanol–water partition coefficient (Wildman–Crippen LogP) is -0.366. The van der Waals surface area contributed by atoms with E-state index in [-0.39, 0.29) is 11.3 Å². The van der Waals surface area contributed by atoms with Crippen LogP contribution in [-0.4, -0.2) is 24.5 Å². The van der Waals surface area contributed by atoms with E-state index in [1.54, 1.807) is 6.92 Å². The maximum absolute atomic E-state index is 11.2. The van der Waals surface area contributed by atoms with E-state index in [1.807, 2.05) is 0 Å². The molecule has 1 N–H and O–H groups in total. The molecule has 8 heteroatoms. The summed E-state index contributed by atoms with van der Waals surface area (Å²) in [6.07, 6.45) is 1.01. The molecule has 2 aromatic rings. The van der Waals surface area contributed by atoms with E-state index in [0.717, 1.165) is 10.6 Å². The van der Waals surface area contributed by atoms with E-state index in [2.05, 4.69) is 15.2 Å². The van der Waals surface area contributed by atoms with Crippen LogP contribution in [0.3, 0.4) is 0 Å². The molecular formula is C6H5N5O3. The number of hydrogen-bond donors (Lipinski definition) is 1. The Balaban J connectivity index is 2.98. The summed E-state index contributed by atoms with van der Waals surface area (Å²) in [7, 11) is 0. The summed E-state index contributed by atoms with van der Waals surface area (Å²) >= 11 is 0. The lowest BCUT2D eigenvalue weighted by Crippen LogP contribution is -2.17. The predicted molar refractivity (Wildman–Crippen MR) is 45.0 cm³/mol. The standard InChI is InChI=1S/C6H5N5O3/c1-3-8-9-5-4(11(13)14)2-7-6(12)10(3)5/h2H,1H3,(H,7,12). The first-order valence-electron chi connectivity index (χ1n) is 3.69. The zero-order chi connectivity index (χ0) is 10.3. The van der Waals surface area contributed by atoms with Gasteiger partial charge in [0, 0.05) is 0 Å². The van der Waals surface area contributed by atoms with E-state index >= 15 is 0 Å². The van der Waals surface area contributed by atoms with E-state index in [0.29, 0.717) is 5.82 Å². The summed E-state index contributed by atoms with van der Waals surface area (Å²) in [6, 6.07) is 0. The minimum absolute atomic E-state index is 0.0451. The molecule has 8 nitrogen and oxygen atoms in total. The van der Waals surface area contributed by atoms with Crippen molar-refractivity contribution in [2.24, 2.45) is 0 Å². The largest absolute Gasteiger partial charge is 0.333 e. The summed E-state index contributed by atoms with van der Waals surface area (Å²) < 4.78 is 1.05. The Morgan fingerprint density at radius 1 is 1.57 bits per heavy atom. The van der Waals surface area contributed by atoms with Crippen molar-refractivity contribution in [1.29, 1.82) is 0 Å². The summed E-state index contributed by atoms with van der Waals surface area (Å²) in [5.74, 6) is 0.310. The van der Waals surface area contributed by atoms with E-state index in [9.17, 15) is 14.9 Å². The lowest BCUT2D eigenvalue weighted by Gasteiger charge is -1.93. The van der Waals surface area contributed by atoms with Crippen molar-refractivity contribution in [3.63, 3.8) is 0 Å². The molecule has 0 aromatic carbocycles. The number of nitro groups is 1. The zero-order valence-corrected chi connectivity index (χ0v) is 7.09. The molecule has 0 saturated heterocycles. The maximum atomic E-state index is 11.2. The normalized spacial score (nSPS) is 10.6. The van der Waals surface area contributed by atoms with Crippen molar-refractivity contribution < 1.29 is 4.92 Å². The third-order valence-electron chi connectivity index (χ3n) is 1.79. The number of nitrogens with zero attached hydrogens (tertiary/aromatic N) is 4. The molecule has 0 amide bonds. The van der Waals surface area contributed by atoms with Gasteiger partial charge in [-0.1, -0.05) is 0 Å². The number of nitrogens with one attached hydrogen (secondary N) is 1. The summed E-state index contributed by atoms with van der Waals surface area (Å²) in [4.78, 5) is 23.4. The van der Waals surface area contributed by atoms with E-state index in [4.69, 9.17) is 0 Å². The Morgan fingerprint density at radius 3 is 2.93 bits per heavy atom. The Bertz CT molecular complexity index is 568. The first-order valence-corrected chi connectivity index (χ1v) is 3.69. The van der Waals surface area contributed by atoms with Gasteiger partial charge in [0.1, 0.15) is 5.82 Å². The fourth-order valence-electron chi connectivity index (χ4n) is 1.16. The highest BCUT2D eigenvalue weighted by atomic mass is 16.6. The maximum Gasteiger partial charge on any atom is 0.333 e. The first-order chi connectivity index (χ1) is 6.61. The third kappa shape index (κ3) is 0.969. The van der Waals surface area contributed by atoms with Crippen LogP contribution in [0.2, 0.25) is 0 Å². The van der Waals surface area contributed by atoms with Gasteiger partial charge < -0.3 is 4.98 Å². The SMILES string of the molecule is Cc1nnc2c([N+](=O)[O-])c[nH]c(=O)n12. The molecule has 0 aliphatic carbocycles. The molecule has 0 spiro atoms. The van der Waals surface area contributed by atoms with Gasteiger partial charge in [-0.05, 0) is 6.92 Å². The van der Waals surface area contributed by atoms with Gasteiger partial charge >= 0.3 is 11.4 Å². The molecule has 0 aliphatic heterocycles. The lowest BCUT2D eigenvalue weighted by molar-refractivity contribution is -0.383. The van der Waals surface area contributed by atoms with Crippen LogP contribution in [0.1, 0.15) is 5.82 Å². The molecule has 0 fully saturated rings. The average molecular weight is 195 g/mol. The van der Waals surface area contributed by atoms with E-state index < -0.39 is 10.6 Å². The molecule has 2 rings (SSSR count). The minimum atomic E-state index is -0.626. The van der Waals surface area contributed by atoms with Gasteiger partial charge in [0.2, 0.25) is 5.65 Å². The number of H-pyrrole nitrogens is 1. The quantitative estimate of drug-likeness (QED) is 0.493. The topological polar surface area (TPSA) is 106 Å². The number of fused-ring (bicyclic) bond motifs is 1. The Kier molecular flexibility index (Phi) is 1.56. The van der Waals surface area contributed by atoms with Gasteiger partial charge in [0.15, 0.2) is 0 Å². The van der Waals surface area contributed by atoms with Crippen molar-refractivity contribution in [2.45, 2.75) is 6.92 Å². The Morgan fingerprint density at radius 2 is 2.29 bits per heavy atom. The van der Waals surface area contributed by atoms with Gasteiger partial charge in [-0.3, -0.25) is 10.1 Å². The summed E-state index contributed by atoms with van der Waals surface area (Å²) in [6.45, 7) is 1.54. The van der Waals surface area contributed by atoms with Gasteiger partial charge in [-0.15, -0.1) is 10.2 Å². The Labute approximate surface area is 76.4 Å². The zero-order valence-electron chi connectivity index (χ0n) is 7.09. The lowest BCUT2D eigenvalue weighted by atomic mass is 10.5. The van der Waals surface area contributed by atoms with Crippen molar-refractivity contribution in [2.75, 3.05) is 0 Å². The second-order valence-electron chi connectivity index (χ2n) is 2.64. The smallest absolute Gasteiger partial charge is 0.307 e. The van der Waals surface area contributed by atoms with E-state index in [1.165, 1.54) is 0 Å². The molecular weight excluding hydrogens is 190 g/mol. The number of aromatic amines is 1. The van der Waals surface area contributed by atoms with Crippen LogP contribution >= 0.6 is 0 Å². The van der Waals surface area contributed by atoms with Crippen molar-refractivity contribution >= 4 is 11.3 Å². The average Bonchev–Trinajstić information content (AvgIpc) is 2.49. The second-order valence-corrected chi connectivity index (χ2v) is 2.64. The van der Waals surface area contributed by atoms with Crippen molar-refractivity contribution in [3.8, 4) is 0 Å². The molecule has 2 aromatic heterocycles. The van der Waals surface area contributed by atoms with Crippen molar-refractivity contribution in [3.05, 3.63) is 32.6 Å². The third-order valence-corrected chi connectivity index (χ3v) is 1.79. The van der Waals surface area contributed by atoms with Crippen LogP contribution in [-0.2, 0) is 0 Å². The van der Waals surface area contributed by atoms with Crippen molar-refractivity contribution in [1.82, 2.24) is 19.6 Å². The molecule has 0 aliphatic rings. The van der Waals surface area contributed by atoms with Gasteiger partial charge in [-0.2, -0.15) is 0 Å². The molecule has 0 saturated carbocycles. The van der Waals surface area contributed by atoms with Crippen LogP contribution in [0.4, 0.5) is 5.69 Å². The number of hydrogen-bond acceptors (Lipinski definition) is 5. The monoisotopic (exact) mass is 195 g/mol. The van der Waals surface area contributed by atoms with Crippen LogP contribution in [0.15, 0.2) is 11.0 Å². The van der Waals surface area contributed by atoms with Crippen LogP contribution in [0.5, 0.6) is 0 Å². The summed E-state index contributed by atoms with van der Waals surface area (Å²) in [5, 5.41) is 17.7. The molecule has 0 radical (unpaired) electrons. The fraction of sp³-hybridized carbons (Fsp3) is 0.167.